The molecule has 0 aromatic heterocycles. The molecule has 1 aliphatic rings. The quantitative estimate of drug-likeness (QED) is 0.350. The first-order valence-corrected chi connectivity index (χ1v) is 14.6. The van der Waals surface area contributed by atoms with Crippen LogP contribution in [0.3, 0.4) is 0 Å². The fraction of sp³-hybridized carbons (Fsp3) is 0.536. The third kappa shape index (κ3) is 7.69. The zero-order chi connectivity index (χ0) is 27.7. The van der Waals surface area contributed by atoms with Crippen molar-refractivity contribution < 1.29 is 27.4 Å². The highest BCUT2D eigenvalue weighted by molar-refractivity contribution is 7.89. The maximum atomic E-state index is 13.6. The molecule has 0 radical (unpaired) electrons. The minimum Gasteiger partial charge on any atom is -0.493 e. The van der Waals surface area contributed by atoms with Crippen LogP contribution in [0.2, 0.25) is 0 Å². The molecule has 1 aliphatic heterocycles. The topological polar surface area (TPSA) is 106 Å². The van der Waals surface area contributed by atoms with Crippen molar-refractivity contribution in [1.29, 1.82) is 0 Å². The number of rotatable bonds is 14. The molecule has 210 valence electrons. The van der Waals surface area contributed by atoms with E-state index >= 15 is 0 Å². The smallest absolute Gasteiger partial charge is 0.254 e. The van der Waals surface area contributed by atoms with E-state index in [-0.39, 0.29) is 23.9 Å². The Balaban J connectivity index is 1.73. The number of nitrogens with zero attached hydrogens (tertiary/aromatic N) is 1. The van der Waals surface area contributed by atoms with Gasteiger partial charge in [0.1, 0.15) is 0 Å². The Morgan fingerprint density at radius 2 is 1.79 bits per heavy atom. The summed E-state index contributed by atoms with van der Waals surface area (Å²) in [5.74, 6) is 0.830. The van der Waals surface area contributed by atoms with Gasteiger partial charge in [0.25, 0.3) is 5.91 Å². The minimum absolute atomic E-state index is 0.0814. The van der Waals surface area contributed by atoms with Crippen molar-refractivity contribution in [3.8, 4) is 11.5 Å². The fourth-order valence-corrected chi connectivity index (χ4v) is 5.95. The molecule has 10 heteroatoms. The molecule has 9 nitrogen and oxygen atoms in total. The largest absolute Gasteiger partial charge is 0.493 e. The molecule has 3 atom stereocenters. The van der Waals surface area contributed by atoms with Gasteiger partial charge in [-0.1, -0.05) is 30.3 Å². The average molecular weight is 548 g/mol. The standard InChI is InChI=1S/C28H41N3O6S/c1-20(2)31(28(32)23-12-13-26(36-5)27(16-23)37-15-9-14-35-4)19-24-17-29-18-25(24)30-38(33,34)21(3)22-10-7-6-8-11-22/h6-8,10-13,16,20-21,24-25,29-30H,9,14-15,17-19H2,1-5H3/t21?,24-,25-/m0/s1. The van der Waals surface area contributed by atoms with Gasteiger partial charge < -0.3 is 24.4 Å². The van der Waals surface area contributed by atoms with Crippen LogP contribution in [0, 0.1) is 5.92 Å². The second kappa shape index (κ2) is 13.9. The number of sulfonamides is 1. The van der Waals surface area contributed by atoms with Gasteiger partial charge in [0.2, 0.25) is 10.0 Å². The number of hydrogen-bond donors (Lipinski definition) is 2. The van der Waals surface area contributed by atoms with E-state index in [0.29, 0.717) is 56.3 Å². The van der Waals surface area contributed by atoms with E-state index in [2.05, 4.69) is 10.0 Å². The number of hydrogen-bond acceptors (Lipinski definition) is 7. The van der Waals surface area contributed by atoms with Gasteiger partial charge in [-0.25, -0.2) is 13.1 Å². The number of nitrogens with one attached hydrogen (secondary N) is 2. The SMILES string of the molecule is COCCCOc1cc(C(=O)N(C[C@@H]2CNC[C@@H]2NS(=O)(=O)C(C)c2ccccc2)C(C)C)ccc1OC. The normalized spacial score (nSPS) is 18.4. The van der Waals surface area contributed by atoms with Crippen LogP contribution in [-0.2, 0) is 14.8 Å². The summed E-state index contributed by atoms with van der Waals surface area (Å²) >= 11 is 0. The molecule has 0 bridgehead atoms. The first kappa shape index (κ1) is 29.9. The summed E-state index contributed by atoms with van der Waals surface area (Å²) in [4.78, 5) is 15.4. The van der Waals surface area contributed by atoms with Crippen LogP contribution in [0.4, 0.5) is 0 Å². The van der Waals surface area contributed by atoms with Crippen LogP contribution in [0.15, 0.2) is 48.5 Å². The molecule has 1 unspecified atom stereocenters. The molecule has 38 heavy (non-hydrogen) atoms. The van der Waals surface area contributed by atoms with Crippen LogP contribution < -0.4 is 19.5 Å². The van der Waals surface area contributed by atoms with Gasteiger partial charge in [0.15, 0.2) is 11.5 Å². The Hall–Kier alpha value is -2.66. The number of methoxy groups -OCH3 is 2. The van der Waals surface area contributed by atoms with Gasteiger partial charge in [-0.15, -0.1) is 0 Å². The first-order valence-electron chi connectivity index (χ1n) is 13.1. The summed E-state index contributed by atoms with van der Waals surface area (Å²) in [5.41, 5.74) is 1.23. The highest BCUT2D eigenvalue weighted by atomic mass is 32.2. The molecule has 0 spiro atoms. The van der Waals surface area contributed by atoms with Gasteiger partial charge in [-0.05, 0) is 44.5 Å². The van der Waals surface area contributed by atoms with Gasteiger partial charge in [-0.2, -0.15) is 0 Å². The van der Waals surface area contributed by atoms with Crippen LogP contribution in [0.1, 0.15) is 48.4 Å². The molecule has 2 aromatic carbocycles. The van der Waals surface area contributed by atoms with Crippen molar-refractivity contribution in [2.75, 3.05) is 47.1 Å². The molecule has 1 heterocycles. The van der Waals surface area contributed by atoms with Crippen LogP contribution in [0.5, 0.6) is 11.5 Å². The zero-order valence-corrected chi connectivity index (χ0v) is 23.8. The maximum Gasteiger partial charge on any atom is 0.254 e. The van der Waals surface area contributed by atoms with Gasteiger partial charge >= 0.3 is 0 Å². The number of carbonyl (C=O) groups is 1. The van der Waals surface area contributed by atoms with Gasteiger partial charge in [-0.3, -0.25) is 4.79 Å². The van der Waals surface area contributed by atoms with E-state index < -0.39 is 15.3 Å². The van der Waals surface area contributed by atoms with Gasteiger partial charge in [0.05, 0.1) is 19.0 Å². The second-order valence-electron chi connectivity index (χ2n) is 9.85. The number of carbonyl (C=O) groups excluding carboxylic acids is 1. The average Bonchev–Trinajstić information content (AvgIpc) is 3.34. The van der Waals surface area contributed by atoms with E-state index in [0.717, 1.165) is 5.56 Å². The van der Waals surface area contributed by atoms with Crippen molar-refractivity contribution in [1.82, 2.24) is 14.9 Å². The fourth-order valence-electron chi connectivity index (χ4n) is 4.53. The lowest BCUT2D eigenvalue weighted by Crippen LogP contribution is -2.48. The van der Waals surface area contributed by atoms with E-state index in [9.17, 15) is 13.2 Å². The molecular weight excluding hydrogens is 506 g/mol. The predicted octanol–water partition coefficient (Wildman–Crippen LogP) is 3.23. The molecule has 1 amide bonds. The lowest BCUT2D eigenvalue weighted by Gasteiger charge is -2.32. The van der Waals surface area contributed by atoms with E-state index in [1.165, 1.54) is 0 Å². The van der Waals surface area contributed by atoms with E-state index in [1.54, 1.807) is 44.2 Å². The van der Waals surface area contributed by atoms with Crippen LogP contribution >= 0.6 is 0 Å². The lowest BCUT2D eigenvalue weighted by atomic mass is 10.0. The number of amides is 1. The Labute approximate surface area is 226 Å². The van der Waals surface area contributed by atoms with Crippen LogP contribution in [-0.4, -0.2) is 78.4 Å². The molecule has 0 saturated carbocycles. The van der Waals surface area contributed by atoms with E-state index in [1.807, 2.05) is 44.2 Å². The Kier molecular flexibility index (Phi) is 11.0. The first-order chi connectivity index (χ1) is 18.2. The number of benzene rings is 2. The van der Waals surface area contributed by atoms with Gasteiger partial charge in [0, 0.05) is 63.3 Å². The Morgan fingerprint density at radius 1 is 1.05 bits per heavy atom. The predicted molar refractivity (Wildman–Crippen MR) is 148 cm³/mol. The minimum atomic E-state index is -3.62. The number of ether oxygens (including phenoxy) is 3. The Bertz CT molecular complexity index is 1140. The Morgan fingerprint density at radius 3 is 2.45 bits per heavy atom. The summed E-state index contributed by atoms with van der Waals surface area (Å²) in [6.07, 6.45) is 0.713. The van der Waals surface area contributed by atoms with Crippen molar-refractivity contribution >= 4 is 15.9 Å². The monoisotopic (exact) mass is 547 g/mol. The van der Waals surface area contributed by atoms with Crippen molar-refractivity contribution in [3.63, 3.8) is 0 Å². The van der Waals surface area contributed by atoms with Crippen LogP contribution in [0.25, 0.3) is 0 Å². The summed E-state index contributed by atoms with van der Waals surface area (Å²) < 4.78 is 45.6. The summed E-state index contributed by atoms with van der Waals surface area (Å²) in [5, 5.41) is 2.61. The third-order valence-corrected chi connectivity index (χ3v) is 8.70. The third-order valence-electron chi connectivity index (χ3n) is 6.87. The van der Waals surface area contributed by atoms with Crippen molar-refractivity contribution in [2.45, 2.75) is 44.5 Å². The van der Waals surface area contributed by atoms with Crippen molar-refractivity contribution in [3.05, 3.63) is 59.7 Å². The van der Waals surface area contributed by atoms with Crippen molar-refractivity contribution in [2.24, 2.45) is 5.92 Å². The highest BCUT2D eigenvalue weighted by Crippen LogP contribution is 2.29. The van der Waals surface area contributed by atoms with E-state index in [4.69, 9.17) is 14.2 Å². The molecule has 2 aromatic rings. The molecule has 3 rings (SSSR count). The molecular formula is C28H41N3O6S. The maximum absolute atomic E-state index is 13.6. The molecule has 0 aliphatic carbocycles. The molecule has 2 N–H and O–H groups in total. The summed E-state index contributed by atoms with van der Waals surface area (Å²) in [6, 6.07) is 13.9. The second-order valence-corrected chi connectivity index (χ2v) is 11.9. The zero-order valence-electron chi connectivity index (χ0n) is 23.0. The highest BCUT2D eigenvalue weighted by Gasteiger charge is 2.35. The summed E-state index contributed by atoms with van der Waals surface area (Å²) in [6.45, 7) is 8.15. The molecule has 1 fully saturated rings. The molecule has 1 saturated heterocycles. The lowest BCUT2D eigenvalue weighted by molar-refractivity contribution is 0.0671. The summed E-state index contributed by atoms with van der Waals surface area (Å²) in [7, 11) is -0.417.